The van der Waals surface area contributed by atoms with Crippen LogP contribution in [-0.4, -0.2) is 16.5 Å². The van der Waals surface area contributed by atoms with Crippen LogP contribution in [0.25, 0.3) is 11.0 Å². The van der Waals surface area contributed by atoms with E-state index >= 15 is 0 Å². The van der Waals surface area contributed by atoms with Crippen molar-refractivity contribution in [3.05, 3.63) is 33.2 Å². The quantitative estimate of drug-likeness (QED) is 0.694. The van der Waals surface area contributed by atoms with Gasteiger partial charge in [-0.3, -0.25) is 0 Å². The van der Waals surface area contributed by atoms with E-state index in [0.717, 1.165) is 17.5 Å². The van der Waals surface area contributed by atoms with Gasteiger partial charge in [-0.25, -0.2) is 4.79 Å². The summed E-state index contributed by atoms with van der Waals surface area (Å²) in [5.74, 6) is 0. The number of hydrogen-bond donors (Lipinski definition) is 3. The van der Waals surface area contributed by atoms with Gasteiger partial charge in [0, 0.05) is 0 Å². The number of nitrogens with two attached hydrogens (primary N) is 1. The maximum Gasteiger partial charge on any atom is 0.323 e. The highest BCUT2D eigenvalue weighted by molar-refractivity contribution is 6.35. The van der Waals surface area contributed by atoms with E-state index in [0.29, 0.717) is 17.1 Å². The predicted octanol–water partition coefficient (Wildman–Crippen LogP) is 1.01. The van der Waals surface area contributed by atoms with Crippen molar-refractivity contribution >= 4 is 22.6 Å². The van der Waals surface area contributed by atoms with E-state index in [4.69, 9.17) is 17.3 Å². The molecule has 0 aliphatic carbocycles. The molecule has 2 aromatic rings. The Morgan fingerprint density at radius 2 is 2.14 bits per heavy atom. The van der Waals surface area contributed by atoms with Crippen molar-refractivity contribution in [3.8, 4) is 0 Å². The van der Waals surface area contributed by atoms with Gasteiger partial charge in [-0.05, 0) is 30.7 Å². The van der Waals surface area contributed by atoms with Crippen LogP contribution in [0.2, 0.25) is 5.02 Å². The number of nitrogens with one attached hydrogen (secondary N) is 2. The molecule has 1 heterocycles. The lowest BCUT2D eigenvalue weighted by atomic mass is 10.1. The Labute approximate surface area is 85.1 Å². The molecular weight excluding hydrogens is 202 g/mol. The van der Waals surface area contributed by atoms with Gasteiger partial charge in [-0.2, -0.15) is 0 Å². The molecule has 0 fully saturated rings. The van der Waals surface area contributed by atoms with Crippen molar-refractivity contribution in [2.75, 3.05) is 6.54 Å². The van der Waals surface area contributed by atoms with Gasteiger partial charge in [0.2, 0.25) is 0 Å². The number of fused-ring (bicyclic) bond motifs is 1. The summed E-state index contributed by atoms with van der Waals surface area (Å²) in [5.41, 5.74) is 7.60. The van der Waals surface area contributed by atoms with E-state index in [1.165, 1.54) is 0 Å². The highest BCUT2D eigenvalue weighted by Crippen LogP contribution is 2.21. The smallest absolute Gasteiger partial charge is 0.323 e. The zero-order valence-corrected chi connectivity index (χ0v) is 8.19. The molecule has 0 radical (unpaired) electrons. The van der Waals surface area contributed by atoms with Gasteiger partial charge in [0.1, 0.15) is 0 Å². The molecule has 0 atom stereocenters. The van der Waals surface area contributed by atoms with Crippen LogP contribution in [0.1, 0.15) is 5.56 Å². The zero-order chi connectivity index (χ0) is 10.1. The molecule has 0 saturated carbocycles. The molecule has 2 rings (SSSR count). The largest absolute Gasteiger partial charge is 0.330 e. The number of aromatic amines is 2. The molecule has 4 nitrogen and oxygen atoms in total. The van der Waals surface area contributed by atoms with Crippen molar-refractivity contribution in [1.29, 1.82) is 0 Å². The molecule has 74 valence electrons. The predicted molar refractivity (Wildman–Crippen MR) is 56.7 cm³/mol. The molecule has 0 unspecified atom stereocenters. The Bertz CT molecular complexity index is 514. The first-order valence-electron chi connectivity index (χ1n) is 4.31. The Hall–Kier alpha value is -1.26. The maximum atomic E-state index is 11.0. The normalized spacial score (nSPS) is 11.0. The fourth-order valence-corrected chi connectivity index (χ4v) is 1.76. The van der Waals surface area contributed by atoms with Crippen LogP contribution >= 0.6 is 11.6 Å². The lowest BCUT2D eigenvalue weighted by molar-refractivity contribution is 0.970. The Kier molecular flexibility index (Phi) is 2.31. The van der Waals surface area contributed by atoms with Gasteiger partial charge in [-0.1, -0.05) is 11.6 Å². The van der Waals surface area contributed by atoms with Gasteiger partial charge in [0.25, 0.3) is 0 Å². The number of halogens is 1. The molecule has 1 aromatic carbocycles. The van der Waals surface area contributed by atoms with Crippen LogP contribution < -0.4 is 11.4 Å². The van der Waals surface area contributed by atoms with Crippen LogP contribution in [0.3, 0.4) is 0 Å². The fraction of sp³-hybridized carbons (Fsp3) is 0.222. The monoisotopic (exact) mass is 211 g/mol. The maximum absolute atomic E-state index is 11.0. The lowest BCUT2D eigenvalue weighted by Crippen LogP contribution is -2.02. The zero-order valence-electron chi connectivity index (χ0n) is 7.43. The van der Waals surface area contributed by atoms with Gasteiger partial charge in [0.15, 0.2) is 0 Å². The number of rotatable bonds is 2. The van der Waals surface area contributed by atoms with Gasteiger partial charge < -0.3 is 15.7 Å². The third-order valence-electron chi connectivity index (χ3n) is 2.07. The highest BCUT2D eigenvalue weighted by atomic mass is 35.5. The molecule has 0 saturated heterocycles. The second-order valence-corrected chi connectivity index (χ2v) is 3.53. The first kappa shape index (κ1) is 9.30. The molecule has 0 spiro atoms. The van der Waals surface area contributed by atoms with Crippen LogP contribution in [0.4, 0.5) is 0 Å². The number of hydrogen-bond acceptors (Lipinski definition) is 2. The Morgan fingerprint density at radius 1 is 1.36 bits per heavy atom. The van der Waals surface area contributed by atoms with E-state index in [1.54, 1.807) is 0 Å². The van der Waals surface area contributed by atoms with Gasteiger partial charge >= 0.3 is 5.69 Å². The minimum Gasteiger partial charge on any atom is -0.330 e. The average molecular weight is 212 g/mol. The van der Waals surface area contributed by atoms with Crippen LogP contribution in [0.15, 0.2) is 16.9 Å². The molecule has 0 amide bonds. The van der Waals surface area contributed by atoms with E-state index in [1.807, 2.05) is 12.1 Å². The van der Waals surface area contributed by atoms with Crippen LogP contribution in [-0.2, 0) is 6.42 Å². The summed E-state index contributed by atoms with van der Waals surface area (Å²) < 4.78 is 0. The first-order chi connectivity index (χ1) is 6.70. The van der Waals surface area contributed by atoms with Crippen LogP contribution in [0, 0.1) is 0 Å². The van der Waals surface area contributed by atoms with Crippen molar-refractivity contribution in [3.63, 3.8) is 0 Å². The summed E-state index contributed by atoms with van der Waals surface area (Å²) in [6.45, 7) is 0.566. The summed E-state index contributed by atoms with van der Waals surface area (Å²) in [4.78, 5) is 16.3. The van der Waals surface area contributed by atoms with Crippen molar-refractivity contribution < 1.29 is 0 Å². The number of imidazole rings is 1. The van der Waals surface area contributed by atoms with Gasteiger partial charge in [0.05, 0.1) is 16.1 Å². The summed E-state index contributed by atoms with van der Waals surface area (Å²) in [6, 6.07) is 3.70. The fourth-order valence-electron chi connectivity index (χ4n) is 1.47. The molecule has 0 aliphatic rings. The third kappa shape index (κ3) is 1.54. The average Bonchev–Trinajstić information content (AvgIpc) is 2.47. The first-order valence-corrected chi connectivity index (χ1v) is 4.69. The van der Waals surface area contributed by atoms with E-state index in [-0.39, 0.29) is 5.69 Å². The third-order valence-corrected chi connectivity index (χ3v) is 2.37. The minimum atomic E-state index is -0.244. The molecular formula is C9H10ClN3O. The van der Waals surface area contributed by atoms with Crippen LogP contribution in [0.5, 0.6) is 0 Å². The van der Waals surface area contributed by atoms with E-state index < -0.39 is 0 Å². The molecule has 0 bridgehead atoms. The second-order valence-electron chi connectivity index (χ2n) is 3.12. The summed E-state index contributed by atoms with van der Waals surface area (Å²) in [6.07, 6.45) is 0.753. The number of aromatic nitrogens is 2. The SMILES string of the molecule is NCCc1cc(Cl)c2[nH]c(=O)[nH]c2c1. The number of H-pyrrole nitrogens is 2. The molecule has 14 heavy (non-hydrogen) atoms. The lowest BCUT2D eigenvalue weighted by Gasteiger charge is -2.00. The summed E-state index contributed by atoms with van der Waals surface area (Å²) in [7, 11) is 0. The molecule has 0 aliphatic heterocycles. The van der Waals surface area contributed by atoms with Crippen molar-refractivity contribution in [2.24, 2.45) is 5.73 Å². The van der Waals surface area contributed by atoms with Crippen molar-refractivity contribution in [2.45, 2.75) is 6.42 Å². The van der Waals surface area contributed by atoms with E-state index in [9.17, 15) is 4.79 Å². The molecule has 1 aromatic heterocycles. The van der Waals surface area contributed by atoms with E-state index in [2.05, 4.69) is 9.97 Å². The minimum absolute atomic E-state index is 0.244. The summed E-state index contributed by atoms with van der Waals surface area (Å²) in [5, 5.41) is 0.546. The molecule has 5 heteroatoms. The summed E-state index contributed by atoms with van der Waals surface area (Å²) >= 11 is 5.98. The highest BCUT2D eigenvalue weighted by Gasteiger charge is 2.04. The van der Waals surface area contributed by atoms with Crippen molar-refractivity contribution in [1.82, 2.24) is 9.97 Å². The second kappa shape index (κ2) is 3.48. The topological polar surface area (TPSA) is 74.7 Å². The van der Waals surface area contributed by atoms with Gasteiger partial charge in [-0.15, -0.1) is 0 Å². The standard InChI is InChI=1S/C9H10ClN3O/c10-6-3-5(1-2-11)4-7-8(6)13-9(14)12-7/h3-4H,1-2,11H2,(H2,12,13,14). The molecule has 4 N–H and O–H groups in total. The Balaban J connectivity index is 2.65. The Morgan fingerprint density at radius 3 is 2.86 bits per heavy atom. The number of benzene rings is 1.